The van der Waals surface area contributed by atoms with Crippen molar-refractivity contribution >= 4 is 28.8 Å². The molecular weight excluding hydrogens is 556 g/mol. The molecule has 2 amide bonds. The van der Waals surface area contributed by atoms with Crippen LogP contribution in [-0.4, -0.2) is 37.5 Å². The number of amides is 2. The summed E-state index contributed by atoms with van der Waals surface area (Å²) in [6, 6.07) is 27.1. The molecule has 3 aromatic carbocycles. The Balaban J connectivity index is 1.25. The average Bonchev–Trinajstić information content (AvgIpc) is 3.01. The highest BCUT2D eigenvalue weighted by Gasteiger charge is 2.17. The Morgan fingerprint density at radius 2 is 1.60 bits per heavy atom. The molecule has 0 aliphatic rings. The molecule has 224 valence electrons. The molecule has 9 heteroatoms. The van der Waals surface area contributed by atoms with Gasteiger partial charge in [-0.15, -0.1) is 0 Å². The van der Waals surface area contributed by atoms with Crippen LogP contribution in [0.1, 0.15) is 57.2 Å². The molecule has 0 aliphatic heterocycles. The molecule has 8 nitrogen and oxygen atoms in total. The molecule has 1 heterocycles. The molecule has 0 saturated carbocycles. The lowest BCUT2D eigenvalue weighted by Gasteiger charge is -2.22. The predicted octanol–water partition coefficient (Wildman–Crippen LogP) is 7.11. The second-order valence-corrected chi connectivity index (χ2v) is 12.5. The number of hydrogen-bond donors (Lipinski definition) is 3. The van der Waals surface area contributed by atoms with E-state index in [2.05, 4.69) is 52.9 Å². The Morgan fingerprint density at radius 3 is 2.26 bits per heavy atom. The van der Waals surface area contributed by atoms with Gasteiger partial charge in [0.15, 0.2) is 11.0 Å². The van der Waals surface area contributed by atoms with Crippen LogP contribution in [0.5, 0.6) is 0 Å². The third-order valence-corrected chi connectivity index (χ3v) is 8.14. The fourth-order valence-electron chi connectivity index (χ4n) is 4.54. The van der Waals surface area contributed by atoms with Gasteiger partial charge in [-0.05, 0) is 60.1 Å². The maximum atomic E-state index is 12.8. The number of carbonyl (C=O) groups excluding carboxylic acids is 1. The first kappa shape index (κ1) is 31.6. The summed E-state index contributed by atoms with van der Waals surface area (Å²) in [6.07, 6.45) is 3.69. The van der Waals surface area contributed by atoms with Gasteiger partial charge in [-0.3, -0.25) is 15.0 Å². The van der Waals surface area contributed by atoms with Crippen LogP contribution in [0.2, 0.25) is 0 Å². The van der Waals surface area contributed by atoms with Gasteiger partial charge < -0.3 is 5.32 Å². The van der Waals surface area contributed by atoms with Crippen LogP contribution in [0.15, 0.2) is 96.0 Å². The molecule has 0 fully saturated rings. The topological polar surface area (TPSA) is 111 Å². The molecule has 0 saturated heterocycles. The number of carbonyl (C=O) groups is 1. The lowest BCUT2D eigenvalue weighted by Crippen LogP contribution is -2.43. The molecule has 3 N–H and O–H groups in total. The molecule has 0 aliphatic carbocycles. The van der Waals surface area contributed by atoms with E-state index in [1.807, 2.05) is 67.6 Å². The number of hydrogen-bond acceptors (Lipinski definition) is 5. The Bertz CT molecular complexity index is 1530. The summed E-state index contributed by atoms with van der Waals surface area (Å²) in [4.78, 5) is 23.7. The summed E-state index contributed by atoms with van der Waals surface area (Å²) in [5.41, 5.74) is 5.16. The van der Waals surface area contributed by atoms with Crippen LogP contribution in [0.4, 0.5) is 10.7 Å². The first-order chi connectivity index (χ1) is 20.6. The minimum atomic E-state index is -1.45. The zero-order valence-corrected chi connectivity index (χ0v) is 26.1. The Hall–Kier alpha value is -4.37. The Labute approximate surface area is 257 Å². The lowest BCUT2D eigenvalue weighted by molar-refractivity contribution is 0.221. The van der Waals surface area contributed by atoms with Crippen LogP contribution in [-0.2, 0) is 29.4 Å². The third kappa shape index (κ3) is 9.06. The zero-order chi connectivity index (χ0) is 30.8. The molecule has 4 rings (SSSR count). The van der Waals surface area contributed by atoms with E-state index >= 15 is 0 Å². The van der Waals surface area contributed by atoms with E-state index in [-0.39, 0.29) is 11.4 Å². The first-order valence-electron chi connectivity index (χ1n) is 14.5. The van der Waals surface area contributed by atoms with E-state index in [1.165, 1.54) is 10.5 Å². The SMILES string of the molecule is CCN(C(=N)CCCc1ccc(-c2ccnc(NS(=O)c3ccccc3)n2)cc1)C(=O)NCc1ccc(C(C)(C)C)cc1. The van der Waals surface area contributed by atoms with Gasteiger partial charge in [0, 0.05) is 31.3 Å². The number of aryl methyl sites for hydroxylation is 1. The van der Waals surface area contributed by atoms with Crippen molar-refractivity contribution in [1.29, 1.82) is 5.41 Å². The van der Waals surface area contributed by atoms with Gasteiger partial charge in [-0.25, -0.2) is 19.0 Å². The van der Waals surface area contributed by atoms with Crippen molar-refractivity contribution < 1.29 is 9.00 Å². The normalized spacial score (nSPS) is 11.9. The van der Waals surface area contributed by atoms with Crippen molar-refractivity contribution in [2.75, 3.05) is 11.3 Å². The largest absolute Gasteiger partial charge is 0.334 e. The summed E-state index contributed by atoms with van der Waals surface area (Å²) in [6.45, 7) is 9.29. The number of aromatic nitrogens is 2. The second kappa shape index (κ2) is 14.7. The maximum absolute atomic E-state index is 12.8. The zero-order valence-electron chi connectivity index (χ0n) is 25.3. The lowest BCUT2D eigenvalue weighted by atomic mass is 9.87. The Morgan fingerprint density at radius 1 is 0.930 bits per heavy atom. The van der Waals surface area contributed by atoms with E-state index in [9.17, 15) is 9.00 Å². The van der Waals surface area contributed by atoms with Gasteiger partial charge in [0.25, 0.3) is 0 Å². The molecule has 0 bridgehead atoms. The minimum Gasteiger partial charge on any atom is -0.334 e. The summed E-state index contributed by atoms with van der Waals surface area (Å²) in [5.74, 6) is 0.610. The second-order valence-electron chi connectivity index (χ2n) is 11.3. The smallest absolute Gasteiger partial charge is 0.323 e. The summed E-state index contributed by atoms with van der Waals surface area (Å²) in [7, 11) is -1.45. The molecule has 0 radical (unpaired) electrons. The Kier molecular flexibility index (Phi) is 10.8. The van der Waals surface area contributed by atoms with Gasteiger partial charge in [-0.2, -0.15) is 0 Å². The quantitative estimate of drug-likeness (QED) is 0.127. The van der Waals surface area contributed by atoms with Crippen molar-refractivity contribution in [3.05, 3.63) is 108 Å². The van der Waals surface area contributed by atoms with Gasteiger partial charge in [-0.1, -0.05) is 87.5 Å². The highest BCUT2D eigenvalue weighted by molar-refractivity contribution is 7.86. The molecule has 4 aromatic rings. The van der Waals surface area contributed by atoms with E-state index < -0.39 is 11.0 Å². The van der Waals surface area contributed by atoms with Crippen LogP contribution in [0.3, 0.4) is 0 Å². The number of nitrogens with zero attached hydrogens (tertiary/aromatic N) is 3. The van der Waals surface area contributed by atoms with Crippen LogP contribution >= 0.6 is 0 Å². The third-order valence-electron chi connectivity index (χ3n) is 7.08. The van der Waals surface area contributed by atoms with Gasteiger partial charge in [0.1, 0.15) is 5.84 Å². The maximum Gasteiger partial charge on any atom is 0.323 e. The van der Waals surface area contributed by atoms with Crippen LogP contribution in [0, 0.1) is 5.41 Å². The van der Waals surface area contributed by atoms with E-state index in [1.54, 1.807) is 18.3 Å². The van der Waals surface area contributed by atoms with Crippen molar-refractivity contribution in [1.82, 2.24) is 20.2 Å². The molecule has 1 atom stereocenters. The van der Waals surface area contributed by atoms with E-state index in [0.29, 0.717) is 36.2 Å². The summed E-state index contributed by atoms with van der Waals surface area (Å²) >= 11 is 0. The number of anilines is 1. The number of rotatable bonds is 11. The standard InChI is InChI=1S/C34H40N6O2S/c1-5-40(33(41)37-24-26-16-20-28(21-17-26)34(2,3)4)31(35)13-9-10-25-14-18-27(19-15-25)30-22-23-36-32(38-30)39-43(42)29-11-7-6-8-12-29/h6-8,11-12,14-23,35H,5,9-10,13,24H2,1-4H3,(H,37,41)(H,36,38,39). The highest BCUT2D eigenvalue weighted by Crippen LogP contribution is 2.22. The number of nitrogens with one attached hydrogen (secondary N) is 3. The fourth-order valence-corrected chi connectivity index (χ4v) is 5.33. The number of urea groups is 1. The fraction of sp³-hybridized carbons (Fsp3) is 0.294. The van der Waals surface area contributed by atoms with Crippen molar-refractivity contribution in [3.63, 3.8) is 0 Å². The molecule has 1 unspecified atom stereocenters. The number of amidine groups is 1. The van der Waals surface area contributed by atoms with E-state index in [4.69, 9.17) is 5.41 Å². The number of benzene rings is 3. The van der Waals surface area contributed by atoms with Gasteiger partial charge in [0.05, 0.1) is 10.6 Å². The minimum absolute atomic E-state index is 0.0862. The van der Waals surface area contributed by atoms with Crippen LogP contribution in [0.25, 0.3) is 11.3 Å². The van der Waals surface area contributed by atoms with Crippen molar-refractivity contribution in [2.24, 2.45) is 0 Å². The summed E-state index contributed by atoms with van der Waals surface area (Å²) in [5, 5.41) is 11.5. The van der Waals surface area contributed by atoms with Gasteiger partial charge >= 0.3 is 6.03 Å². The van der Waals surface area contributed by atoms with Crippen molar-refractivity contribution in [2.45, 2.75) is 63.8 Å². The summed E-state index contributed by atoms with van der Waals surface area (Å²) < 4.78 is 15.4. The predicted molar refractivity (Wildman–Crippen MR) is 174 cm³/mol. The molecule has 43 heavy (non-hydrogen) atoms. The average molecular weight is 597 g/mol. The molecule has 0 spiro atoms. The van der Waals surface area contributed by atoms with Crippen molar-refractivity contribution in [3.8, 4) is 11.3 Å². The van der Waals surface area contributed by atoms with Gasteiger partial charge in [0.2, 0.25) is 5.95 Å². The molecular formula is C34H40N6O2S. The highest BCUT2D eigenvalue weighted by atomic mass is 32.2. The molecule has 1 aromatic heterocycles. The van der Waals surface area contributed by atoms with E-state index in [0.717, 1.165) is 35.2 Å². The monoisotopic (exact) mass is 596 g/mol. The first-order valence-corrected chi connectivity index (χ1v) is 15.7. The van der Waals surface area contributed by atoms with Crippen LogP contribution < -0.4 is 10.0 Å².